The summed E-state index contributed by atoms with van der Waals surface area (Å²) in [5, 5.41) is 0.820. The van der Waals surface area contributed by atoms with Gasteiger partial charge in [0.1, 0.15) is 6.26 Å². The average molecular weight is 393 g/mol. The zero-order chi connectivity index (χ0) is 19.7. The third-order valence-electron chi connectivity index (χ3n) is 4.83. The molecule has 0 saturated carbocycles. The van der Waals surface area contributed by atoms with Gasteiger partial charge in [-0.15, -0.1) is 0 Å². The molecule has 1 unspecified atom stereocenters. The lowest BCUT2D eigenvalue weighted by atomic mass is 9.99. The number of nitrogens with zero attached hydrogens (tertiary/aromatic N) is 2. The highest BCUT2D eigenvalue weighted by Gasteiger charge is 2.23. The Balaban J connectivity index is 1.67. The molecule has 2 amide bonds. The molecule has 1 fully saturated rings. The number of carbonyl (C=O) groups is 2. The number of amides is 2. The smallest absolute Gasteiger partial charge is 0.292 e. The van der Waals surface area contributed by atoms with Crippen LogP contribution in [0.15, 0.2) is 54.7 Å². The minimum Gasteiger partial charge on any atom is -0.593 e. The molecule has 6 nitrogen and oxygen atoms in total. The second-order valence-corrected chi connectivity index (χ2v) is 7.81. The van der Waals surface area contributed by atoms with Gasteiger partial charge in [-0.1, -0.05) is 18.2 Å². The lowest BCUT2D eigenvalue weighted by Gasteiger charge is -2.31. The van der Waals surface area contributed by atoms with Gasteiger partial charge in [0.25, 0.3) is 11.8 Å². The number of pyridine rings is 1. The Bertz CT molecular complexity index is 1050. The molecule has 1 atom stereocenters. The van der Waals surface area contributed by atoms with Crippen molar-refractivity contribution in [2.75, 3.05) is 19.3 Å². The SMILES string of the molecule is C[S+]([O-])NC(=O)c1ccc(-c2ccc3nccc(C(=O)N4CCC4)c3c2)cc1. The van der Waals surface area contributed by atoms with Gasteiger partial charge >= 0.3 is 0 Å². The van der Waals surface area contributed by atoms with Crippen molar-refractivity contribution in [2.45, 2.75) is 6.42 Å². The molecule has 1 aromatic heterocycles. The molecular weight excluding hydrogens is 374 g/mol. The van der Waals surface area contributed by atoms with E-state index in [9.17, 15) is 14.1 Å². The first kappa shape index (κ1) is 18.5. The minimum absolute atomic E-state index is 0.0374. The molecule has 1 N–H and O–H groups in total. The molecule has 0 spiro atoms. The number of nitrogens with one attached hydrogen (secondary N) is 1. The maximum absolute atomic E-state index is 12.7. The maximum Gasteiger partial charge on any atom is 0.292 e. The number of aromatic nitrogens is 1. The van der Waals surface area contributed by atoms with Crippen LogP contribution >= 0.6 is 0 Å². The Morgan fingerprint density at radius 1 is 1.07 bits per heavy atom. The maximum atomic E-state index is 12.7. The summed E-state index contributed by atoms with van der Waals surface area (Å²) >= 11 is -1.40. The zero-order valence-electron chi connectivity index (χ0n) is 15.3. The third kappa shape index (κ3) is 3.58. The van der Waals surface area contributed by atoms with E-state index in [1.54, 1.807) is 24.4 Å². The summed E-state index contributed by atoms with van der Waals surface area (Å²) in [4.78, 5) is 30.9. The number of hydrogen-bond acceptors (Lipinski definition) is 4. The van der Waals surface area contributed by atoms with Crippen LogP contribution in [0.4, 0.5) is 0 Å². The van der Waals surface area contributed by atoms with Gasteiger partial charge in [-0.3, -0.25) is 14.6 Å². The molecule has 28 heavy (non-hydrogen) atoms. The van der Waals surface area contributed by atoms with E-state index in [0.717, 1.165) is 41.5 Å². The van der Waals surface area contributed by atoms with E-state index in [1.807, 2.05) is 35.2 Å². The van der Waals surface area contributed by atoms with Crippen molar-refractivity contribution in [2.24, 2.45) is 0 Å². The molecule has 4 rings (SSSR count). The minimum atomic E-state index is -1.40. The predicted molar refractivity (Wildman–Crippen MR) is 109 cm³/mol. The summed E-state index contributed by atoms with van der Waals surface area (Å²) in [5.74, 6) is -0.340. The molecule has 1 aliphatic heterocycles. The van der Waals surface area contributed by atoms with E-state index in [0.29, 0.717) is 11.1 Å². The molecule has 1 saturated heterocycles. The van der Waals surface area contributed by atoms with E-state index in [1.165, 1.54) is 6.26 Å². The summed E-state index contributed by atoms with van der Waals surface area (Å²) in [6, 6.07) is 14.6. The number of carbonyl (C=O) groups excluding carboxylic acids is 2. The van der Waals surface area contributed by atoms with Gasteiger partial charge in [0, 0.05) is 30.2 Å². The Morgan fingerprint density at radius 2 is 1.79 bits per heavy atom. The van der Waals surface area contributed by atoms with Crippen LogP contribution < -0.4 is 4.72 Å². The second kappa shape index (κ2) is 7.61. The molecule has 142 valence electrons. The van der Waals surface area contributed by atoms with Crippen LogP contribution in [0.1, 0.15) is 27.1 Å². The third-order valence-corrected chi connectivity index (χ3v) is 5.30. The fourth-order valence-electron chi connectivity index (χ4n) is 3.21. The summed E-state index contributed by atoms with van der Waals surface area (Å²) in [7, 11) is 0. The zero-order valence-corrected chi connectivity index (χ0v) is 16.2. The molecule has 0 aliphatic carbocycles. The van der Waals surface area contributed by atoms with Crippen molar-refractivity contribution in [3.05, 3.63) is 65.9 Å². The predicted octanol–water partition coefficient (Wildman–Crippen LogP) is 2.77. The number of likely N-dealkylation sites (tertiary alicyclic amines) is 1. The molecule has 0 bridgehead atoms. The molecule has 2 heterocycles. The standard InChI is InChI=1S/C21H19N3O3S/c1-28(27)23-20(25)15-5-3-14(4-6-15)16-7-8-19-18(13-16)17(9-10-22-19)21(26)24-11-2-12-24/h3-10,13H,2,11-12H2,1H3,(H,23,25). The van der Waals surface area contributed by atoms with Crippen LogP contribution in [-0.2, 0) is 11.4 Å². The number of benzene rings is 2. The fraction of sp³-hybridized carbons (Fsp3) is 0.190. The highest BCUT2D eigenvalue weighted by Crippen LogP contribution is 2.27. The lowest BCUT2D eigenvalue weighted by molar-refractivity contribution is 0.0653. The van der Waals surface area contributed by atoms with E-state index in [4.69, 9.17) is 0 Å². The van der Waals surface area contributed by atoms with Crippen molar-refractivity contribution in [3.8, 4) is 11.1 Å². The van der Waals surface area contributed by atoms with Gasteiger partial charge < -0.3 is 9.45 Å². The molecular formula is C21H19N3O3S. The van der Waals surface area contributed by atoms with Crippen molar-refractivity contribution < 1.29 is 14.1 Å². The number of fused-ring (bicyclic) bond motifs is 1. The van der Waals surface area contributed by atoms with E-state index in [-0.39, 0.29) is 11.8 Å². The van der Waals surface area contributed by atoms with Crippen LogP contribution in [-0.4, -0.2) is 45.6 Å². The van der Waals surface area contributed by atoms with Crippen LogP contribution in [0, 0.1) is 0 Å². The highest BCUT2D eigenvalue weighted by atomic mass is 32.2. The van der Waals surface area contributed by atoms with E-state index in [2.05, 4.69) is 9.71 Å². The molecule has 7 heteroatoms. The summed E-state index contributed by atoms with van der Waals surface area (Å²) < 4.78 is 13.5. The van der Waals surface area contributed by atoms with Crippen LogP contribution in [0.5, 0.6) is 0 Å². The first-order chi connectivity index (χ1) is 13.5. The van der Waals surface area contributed by atoms with Crippen molar-refractivity contribution >= 4 is 34.1 Å². The van der Waals surface area contributed by atoms with E-state index >= 15 is 0 Å². The van der Waals surface area contributed by atoms with Gasteiger partial charge in [-0.05, 0) is 47.9 Å². The van der Waals surface area contributed by atoms with E-state index < -0.39 is 11.4 Å². The van der Waals surface area contributed by atoms with Gasteiger partial charge in [0.15, 0.2) is 0 Å². The first-order valence-electron chi connectivity index (χ1n) is 8.96. The highest BCUT2D eigenvalue weighted by molar-refractivity contribution is 7.89. The lowest BCUT2D eigenvalue weighted by Crippen LogP contribution is -2.42. The Morgan fingerprint density at radius 3 is 2.43 bits per heavy atom. The summed E-state index contributed by atoms with van der Waals surface area (Å²) in [5.41, 5.74) is 3.73. The Kier molecular flexibility index (Phi) is 5.02. The van der Waals surface area contributed by atoms with Gasteiger partial charge in [-0.25, -0.2) is 0 Å². The average Bonchev–Trinajstić information content (AvgIpc) is 2.65. The molecule has 1 aliphatic rings. The Labute approximate surface area is 165 Å². The van der Waals surface area contributed by atoms with Crippen molar-refractivity contribution in [1.29, 1.82) is 0 Å². The van der Waals surface area contributed by atoms with Crippen molar-refractivity contribution in [1.82, 2.24) is 14.6 Å². The summed E-state index contributed by atoms with van der Waals surface area (Å²) in [6.07, 6.45) is 4.13. The quantitative estimate of drug-likeness (QED) is 0.691. The van der Waals surface area contributed by atoms with Crippen LogP contribution in [0.3, 0.4) is 0 Å². The first-order valence-corrected chi connectivity index (χ1v) is 10.5. The molecule has 2 aromatic carbocycles. The van der Waals surface area contributed by atoms with Crippen molar-refractivity contribution in [3.63, 3.8) is 0 Å². The molecule has 0 radical (unpaired) electrons. The molecule has 3 aromatic rings. The largest absolute Gasteiger partial charge is 0.593 e. The monoisotopic (exact) mass is 393 g/mol. The van der Waals surface area contributed by atoms with Crippen LogP contribution in [0.25, 0.3) is 22.0 Å². The fourth-order valence-corrected chi connectivity index (χ4v) is 3.58. The Hall–Kier alpha value is -2.90. The normalized spacial score (nSPS) is 14.4. The number of rotatable bonds is 4. The second-order valence-electron chi connectivity index (χ2n) is 6.70. The van der Waals surface area contributed by atoms with Gasteiger partial charge in [-0.2, -0.15) is 4.72 Å². The van der Waals surface area contributed by atoms with Gasteiger partial charge in [0.2, 0.25) is 0 Å². The number of hydrogen-bond donors (Lipinski definition) is 1. The van der Waals surface area contributed by atoms with Gasteiger partial charge in [0.05, 0.1) is 22.4 Å². The summed E-state index contributed by atoms with van der Waals surface area (Å²) in [6.45, 7) is 1.60. The van der Waals surface area contributed by atoms with Crippen LogP contribution in [0.2, 0.25) is 0 Å². The topological polar surface area (TPSA) is 85.4 Å².